The minimum absolute atomic E-state index is 0.0747. The molecular formula is C6H12N2. The quantitative estimate of drug-likeness (QED) is 0.505. The Bertz CT molecular complexity index is 105. The highest BCUT2D eigenvalue weighted by Gasteiger charge is 2.18. The third-order valence-electron chi connectivity index (χ3n) is 1.07. The van der Waals surface area contributed by atoms with Crippen LogP contribution in [0.25, 0.3) is 0 Å². The number of nitriles is 1. The number of nitrogens with zero attached hydrogens (tertiary/aromatic N) is 1. The second kappa shape index (κ2) is 2.15. The fourth-order valence-electron chi connectivity index (χ4n) is 0.194. The Hall–Kier alpha value is -0.550. The summed E-state index contributed by atoms with van der Waals surface area (Å²) in [7, 11) is 0. The summed E-state index contributed by atoms with van der Waals surface area (Å²) in [5.74, 6) is 0. The van der Waals surface area contributed by atoms with Gasteiger partial charge in [0.2, 0.25) is 0 Å². The Balaban J connectivity index is 3.87. The molecule has 0 amide bonds. The van der Waals surface area contributed by atoms with E-state index in [4.69, 9.17) is 11.0 Å². The first-order valence-electron chi connectivity index (χ1n) is 2.63. The van der Waals surface area contributed by atoms with Gasteiger partial charge in [-0.1, -0.05) is 20.8 Å². The molecule has 0 saturated heterocycles. The van der Waals surface area contributed by atoms with Crippen LogP contribution in [-0.2, 0) is 0 Å². The molecule has 0 saturated carbocycles. The zero-order valence-corrected chi connectivity index (χ0v) is 5.60. The van der Waals surface area contributed by atoms with Crippen molar-refractivity contribution in [3.05, 3.63) is 0 Å². The maximum atomic E-state index is 8.30. The average Bonchev–Trinajstić information content (AvgIpc) is 1.62. The van der Waals surface area contributed by atoms with Gasteiger partial charge in [-0.05, 0) is 5.41 Å². The minimum Gasteiger partial charge on any atom is -0.315 e. The van der Waals surface area contributed by atoms with Gasteiger partial charge < -0.3 is 5.73 Å². The predicted octanol–water partition coefficient (Wildman–Crippen LogP) is 0.883. The van der Waals surface area contributed by atoms with Gasteiger partial charge in [-0.3, -0.25) is 0 Å². The zero-order chi connectivity index (χ0) is 6.78. The lowest BCUT2D eigenvalue weighted by Gasteiger charge is -2.19. The van der Waals surface area contributed by atoms with Crippen molar-refractivity contribution >= 4 is 0 Å². The molecule has 0 spiro atoms. The van der Waals surface area contributed by atoms with Crippen molar-refractivity contribution in [3.63, 3.8) is 0 Å². The molecule has 1 unspecified atom stereocenters. The molecule has 0 aromatic carbocycles. The van der Waals surface area contributed by atoms with E-state index in [0.717, 1.165) is 0 Å². The second-order valence-electron chi connectivity index (χ2n) is 2.97. The van der Waals surface area contributed by atoms with Crippen molar-refractivity contribution in [2.24, 2.45) is 11.1 Å². The van der Waals surface area contributed by atoms with Crippen LogP contribution in [0.4, 0.5) is 0 Å². The Morgan fingerprint density at radius 1 is 1.50 bits per heavy atom. The van der Waals surface area contributed by atoms with Crippen LogP contribution in [0, 0.1) is 16.7 Å². The molecule has 2 N–H and O–H groups in total. The summed E-state index contributed by atoms with van der Waals surface area (Å²) in [5, 5.41) is 8.30. The van der Waals surface area contributed by atoms with Crippen LogP contribution in [0.2, 0.25) is 0 Å². The first-order chi connectivity index (χ1) is 3.48. The largest absolute Gasteiger partial charge is 0.315 e. The number of hydrogen-bond donors (Lipinski definition) is 1. The predicted molar refractivity (Wildman–Crippen MR) is 33.0 cm³/mol. The highest BCUT2D eigenvalue weighted by Crippen LogP contribution is 2.15. The van der Waals surface area contributed by atoms with Gasteiger partial charge in [0.25, 0.3) is 0 Å². The normalized spacial score (nSPS) is 14.9. The van der Waals surface area contributed by atoms with Crippen molar-refractivity contribution in [1.29, 1.82) is 5.26 Å². The van der Waals surface area contributed by atoms with Crippen LogP contribution in [0.1, 0.15) is 20.8 Å². The van der Waals surface area contributed by atoms with Crippen molar-refractivity contribution < 1.29 is 0 Å². The van der Waals surface area contributed by atoms with Gasteiger partial charge >= 0.3 is 0 Å². The van der Waals surface area contributed by atoms with Gasteiger partial charge in [0, 0.05) is 0 Å². The molecule has 0 fully saturated rings. The van der Waals surface area contributed by atoms with Gasteiger partial charge in [0.15, 0.2) is 0 Å². The van der Waals surface area contributed by atoms with Gasteiger partial charge in [-0.2, -0.15) is 5.26 Å². The SMILES string of the molecule is CC(C)(C)C(N)C#N. The molecule has 0 heterocycles. The van der Waals surface area contributed by atoms with Crippen LogP contribution in [0.3, 0.4) is 0 Å². The smallest absolute Gasteiger partial charge is 0.0976 e. The van der Waals surface area contributed by atoms with Gasteiger partial charge in [-0.15, -0.1) is 0 Å². The van der Waals surface area contributed by atoms with E-state index in [9.17, 15) is 0 Å². The van der Waals surface area contributed by atoms with E-state index in [-0.39, 0.29) is 11.5 Å². The summed E-state index contributed by atoms with van der Waals surface area (Å²) in [4.78, 5) is 0. The summed E-state index contributed by atoms with van der Waals surface area (Å²) < 4.78 is 0. The third-order valence-corrected chi connectivity index (χ3v) is 1.07. The summed E-state index contributed by atoms with van der Waals surface area (Å²) in [6, 6.07) is 1.64. The highest BCUT2D eigenvalue weighted by atomic mass is 14.7. The fourth-order valence-corrected chi connectivity index (χ4v) is 0.194. The first kappa shape index (κ1) is 7.45. The Morgan fingerprint density at radius 2 is 1.88 bits per heavy atom. The maximum absolute atomic E-state index is 8.30. The highest BCUT2D eigenvalue weighted by molar-refractivity contribution is 4.94. The lowest BCUT2D eigenvalue weighted by atomic mass is 9.89. The molecule has 0 aliphatic rings. The van der Waals surface area contributed by atoms with Crippen molar-refractivity contribution in [1.82, 2.24) is 0 Å². The number of nitrogens with two attached hydrogens (primary N) is 1. The van der Waals surface area contributed by atoms with Crippen LogP contribution < -0.4 is 5.73 Å². The van der Waals surface area contributed by atoms with Gasteiger partial charge in [-0.25, -0.2) is 0 Å². The lowest BCUT2D eigenvalue weighted by molar-refractivity contribution is 0.372. The first-order valence-corrected chi connectivity index (χ1v) is 2.63. The molecule has 0 aliphatic carbocycles. The van der Waals surface area contributed by atoms with Crippen molar-refractivity contribution in [3.8, 4) is 6.07 Å². The topological polar surface area (TPSA) is 49.8 Å². The number of hydrogen-bond acceptors (Lipinski definition) is 2. The molecule has 8 heavy (non-hydrogen) atoms. The molecule has 2 heteroatoms. The molecule has 0 aromatic heterocycles. The monoisotopic (exact) mass is 112 g/mol. The van der Waals surface area contributed by atoms with Crippen molar-refractivity contribution in [2.45, 2.75) is 26.8 Å². The summed E-state index contributed by atoms with van der Waals surface area (Å²) in [5.41, 5.74) is 5.31. The summed E-state index contributed by atoms with van der Waals surface area (Å²) in [6.07, 6.45) is 0. The van der Waals surface area contributed by atoms with E-state index < -0.39 is 0 Å². The van der Waals surface area contributed by atoms with Crippen LogP contribution in [0.5, 0.6) is 0 Å². The Labute approximate surface area is 50.3 Å². The standard InChI is InChI=1S/C6H12N2/c1-6(2,3)5(8)4-7/h5H,8H2,1-3H3. The molecule has 0 aromatic rings. The molecule has 0 radical (unpaired) electrons. The lowest BCUT2D eigenvalue weighted by Crippen LogP contribution is -2.33. The van der Waals surface area contributed by atoms with Crippen molar-refractivity contribution in [2.75, 3.05) is 0 Å². The second-order valence-corrected chi connectivity index (χ2v) is 2.97. The zero-order valence-electron chi connectivity index (χ0n) is 5.60. The van der Waals surface area contributed by atoms with E-state index in [2.05, 4.69) is 0 Å². The molecule has 46 valence electrons. The summed E-state index contributed by atoms with van der Waals surface area (Å²) >= 11 is 0. The van der Waals surface area contributed by atoms with Crippen LogP contribution >= 0.6 is 0 Å². The fraction of sp³-hybridized carbons (Fsp3) is 0.833. The van der Waals surface area contributed by atoms with Crippen LogP contribution in [-0.4, -0.2) is 6.04 Å². The van der Waals surface area contributed by atoms with E-state index in [1.165, 1.54) is 0 Å². The van der Waals surface area contributed by atoms with Crippen LogP contribution in [0.15, 0.2) is 0 Å². The molecule has 2 nitrogen and oxygen atoms in total. The third kappa shape index (κ3) is 1.94. The van der Waals surface area contributed by atoms with Gasteiger partial charge in [0.05, 0.1) is 12.1 Å². The number of rotatable bonds is 0. The average molecular weight is 112 g/mol. The van der Waals surface area contributed by atoms with E-state index in [0.29, 0.717) is 0 Å². The minimum atomic E-state index is -0.345. The molecule has 0 aliphatic heterocycles. The molecule has 0 bridgehead atoms. The Kier molecular flexibility index (Phi) is 2.00. The Morgan fingerprint density at radius 3 is 1.88 bits per heavy atom. The molecular weight excluding hydrogens is 100 g/mol. The molecule has 0 rings (SSSR count). The summed E-state index contributed by atoms with van der Waals surface area (Å²) in [6.45, 7) is 5.84. The van der Waals surface area contributed by atoms with E-state index >= 15 is 0 Å². The maximum Gasteiger partial charge on any atom is 0.0976 e. The van der Waals surface area contributed by atoms with E-state index in [1.807, 2.05) is 26.8 Å². The van der Waals surface area contributed by atoms with E-state index in [1.54, 1.807) is 0 Å². The molecule has 1 atom stereocenters. The van der Waals surface area contributed by atoms with Gasteiger partial charge in [0.1, 0.15) is 0 Å².